The molecule has 0 saturated carbocycles. The maximum absolute atomic E-state index is 12.1. The molecule has 0 unspecified atom stereocenters. The zero-order chi connectivity index (χ0) is 19.9. The average molecular weight is 396 g/mol. The van der Waals surface area contributed by atoms with Gasteiger partial charge in [0.15, 0.2) is 0 Å². The number of rotatable bonds is 4. The van der Waals surface area contributed by atoms with Crippen LogP contribution in [0.25, 0.3) is 5.57 Å². The number of methoxy groups -OCH3 is 2. The fraction of sp³-hybridized carbons (Fsp3) is 0.136. The van der Waals surface area contributed by atoms with Crippen LogP contribution in [0.2, 0.25) is 5.02 Å². The molecule has 0 fully saturated rings. The molecule has 0 amide bonds. The van der Waals surface area contributed by atoms with Gasteiger partial charge in [-0.25, -0.2) is 9.86 Å². The van der Waals surface area contributed by atoms with Gasteiger partial charge in [-0.05, 0) is 42.3 Å². The van der Waals surface area contributed by atoms with Gasteiger partial charge in [-0.15, -0.1) is 0 Å². The molecule has 0 aliphatic carbocycles. The van der Waals surface area contributed by atoms with Crippen LogP contribution in [0.15, 0.2) is 66.6 Å². The van der Waals surface area contributed by atoms with E-state index in [2.05, 4.69) is 11.8 Å². The Morgan fingerprint density at radius 1 is 1.14 bits per heavy atom. The number of ether oxygens (including phenoxy) is 2. The first-order valence-electron chi connectivity index (χ1n) is 8.46. The van der Waals surface area contributed by atoms with Gasteiger partial charge in [-0.1, -0.05) is 35.7 Å². The highest BCUT2D eigenvalue weighted by Gasteiger charge is 2.17. The van der Waals surface area contributed by atoms with E-state index in [0.29, 0.717) is 34.0 Å². The van der Waals surface area contributed by atoms with Gasteiger partial charge in [0.05, 0.1) is 32.7 Å². The topological polar surface area (TPSA) is 48.0 Å². The molecule has 1 aliphatic rings. The Kier molecular flexibility index (Phi) is 6.25. The largest absolute Gasteiger partial charge is 0.503 e. The van der Waals surface area contributed by atoms with Gasteiger partial charge in [-0.3, -0.25) is 0 Å². The summed E-state index contributed by atoms with van der Waals surface area (Å²) in [7, 11) is 2.79. The van der Waals surface area contributed by atoms with Crippen molar-refractivity contribution in [3.05, 3.63) is 82.8 Å². The Bertz CT molecular complexity index is 984. The second kappa shape index (κ2) is 9.03. The lowest BCUT2D eigenvalue weighted by Crippen LogP contribution is -2.16. The number of carbonyl (C=O) groups excluding carboxylic acids is 1. The van der Waals surface area contributed by atoms with Crippen LogP contribution in [0.4, 0.5) is 5.69 Å². The van der Waals surface area contributed by atoms with Crippen molar-refractivity contribution in [3.8, 4) is 11.8 Å². The lowest BCUT2D eigenvalue weighted by Gasteiger charge is -2.16. The van der Waals surface area contributed by atoms with Crippen molar-refractivity contribution in [3.63, 3.8) is 0 Å². The summed E-state index contributed by atoms with van der Waals surface area (Å²) >= 11 is 5.92. The van der Waals surface area contributed by atoms with Crippen molar-refractivity contribution in [1.29, 1.82) is 0 Å². The SMILES string of the molecule is COC=C(C(=O)OC)c1ccccc1C#CC1=CCN(c2ccc(Cl)cc2)O1. The van der Waals surface area contributed by atoms with Crippen LogP contribution in [0, 0.1) is 11.8 Å². The van der Waals surface area contributed by atoms with Crippen LogP contribution in [0.5, 0.6) is 0 Å². The molecular weight excluding hydrogens is 378 g/mol. The molecule has 6 heteroatoms. The summed E-state index contributed by atoms with van der Waals surface area (Å²) in [6.45, 7) is 0.574. The Hall–Kier alpha value is -3.36. The van der Waals surface area contributed by atoms with E-state index in [1.165, 1.54) is 20.5 Å². The fourth-order valence-corrected chi connectivity index (χ4v) is 2.73. The third-order valence-electron chi connectivity index (χ3n) is 3.94. The van der Waals surface area contributed by atoms with E-state index in [-0.39, 0.29) is 0 Å². The van der Waals surface area contributed by atoms with Crippen molar-refractivity contribution < 1.29 is 19.1 Å². The van der Waals surface area contributed by atoms with Gasteiger partial charge < -0.3 is 14.3 Å². The smallest absolute Gasteiger partial charge is 0.341 e. The van der Waals surface area contributed by atoms with Gasteiger partial charge in [-0.2, -0.15) is 0 Å². The van der Waals surface area contributed by atoms with Crippen LogP contribution >= 0.6 is 11.6 Å². The molecule has 0 N–H and O–H groups in total. The fourth-order valence-electron chi connectivity index (χ4n) is 2.60. The maximum Gasteiger partial charge on any atom is 0.341 e. The highest BCUT2D eigenvalue weighted by molar-refractivity contribution is 6.30. The number of benzene rings is 2. The Morgan fingerprint density at radius 3 is 2.61 bits per heavy atom. The molecule has 1 heterocycles. The Balaban J connectivity index is 1.81. The molecule has 0 aromatic heterocycles. The standard InChI is InChI=1S/C22H18ClNO4/c1-26-15-21(22(25)27-2)20-6-4-3-5-16(20)7-12-19-13-14-24(28-19)18-10-8-17(23)9-11-18/h3-6,8-11,13,15H,14H2,1-2H3. The first-order chi connectivity index (χ1) is 13.6. The highest BCUT2D eigenvalue weighted by atomic mass is 35.5. The van der Waals surface area contributed by atoms with Crippen molar-refractivity contribution >= 4 is 28.8 Å². The molecule has 3 rings (SSSR count). The van der Waals surface area contributed by atoms with Crippen molar-refractivity contribution in [2.45, 2.75) is 0 Å². The van der Waals surface area contributed by atoms with E-state index in [0.717, 1.165) is 5.69 Å². The molecular formula is C22H18ClNO4. The second-order valence-electron chi connectivity index (χ2n) is 5.75. The number of hydrogen-bond donors (Lipinski definition) is 0. The molecule has 0 atom stereocenters. The van der Waals surface area contributed by atoms with Gasteiger partial charge >= 0.3 is 5.97 Å². The minimum absolute atomic E-state index is 0.291. The first-order valence-corrected chi connectivity index (χ1v) is 8.84. The van der Waals surface area contributed by atoms with Gasteiger partial charge in [0.25, 0.3) is 0 Å². The van der Waals surface area contributed by atoms with E-state index in [9.17, 15) is 4.79 Å². The number of allylic oxidation sites excluding steroid dienone is 1. The summed E-state index contributed by atoms with van der Waals surface area (Å²) in [5, 5.41) is 2.38. The molecule has 0 spiro atoms. The molecule has 28 heavy (non-hydrogen) atoms. The van der Waals surface area contributed by atoms with E-state index >= 15 is 0 Å². The molecule has 1 aliphatic heterocycles. The number of hydrogen-bond acceptors (Lipinski definition) is 5. The maximum atomic E-state index is 12.1. The van der Waals surface area contributed by atoms with Crippen LogP contribution in [0.1, 0.15) is 11.1 Å². The Labute approximate surface area is 168 Å². The zero-order valence-electron chi connectivity index (χ0n) is 15.4. The van der Waals surface area contributed by atoms with Gasteiger partial charge in [0.1, 0.15) is 5.57 Å². The molecule has 2 aromatic carbocycles. The Morgan fingerprint density at radius 2 is 1.89 bits per heavy atom. The van der Waals surface area contributed by atoms with E-state index in [1.807, 2.05) is 36.4 Å². The average Bonchev–Trinajstić information content (AvgIpc) is 3.20. The predicted molar refractivity (Wildman–Crippen MR) is 108 cm³/mol. The summed E-state index contributed by atoms with van der Waals surface area (Å²) in [6, 6.07) is 14.6. The van der Waals surface area contributed by atoms with Gasteiger partial charge in [0, 0.05) is 16.1 Å². The summed E-state index contributed by atoms with van der Waals surface area (Å²) in [6.07, 6.45) is 3.23. The quantitative estimate of drug-likeness (QED) is 0.336. The van der Waals surface area contributed by atoms with Crippen molar-refractivity contribution in [1.82, 2.24) is 0 Å². The van der Waals surface area contributed by atoms with Crippen LogP contribution in [0.3, 0.4) is 0 Å². The molecule has 5 nitrogen and oxygen atoms in total. The number of carbonyl (C=O) groups is 1. The van der Waals surface area contributed by atoms with Crippen molar-refractivity contribution in [2.24, 2.45) is 0 Å². The minimum Gasteiger partial charge on any atom is -0.503 e. The normalized spacial score (nSPS) is 13.2. The van der Waals surface area contributed by atoms with Crippen LogP contribution < -0.4 is 5.06 Å². The lowest BCUT2D eigenvalue weighted by molar-refractivity contribution is -0.133. The van der Waals surface area contributed by atoms with Crippen LogP contribution in [-0.4, -0.2) is 26.7 Å². The summed E-state index contributed by atoms with van der Waals surface area (Å²) in [5.74, 6) is 6.09. The van der Waals surface area contributed by atoms with E-state index < -0.39 is 5.97 Å². The van der Waals surface area contributed by atoms with E-state index in [1.54, 1.807) is 23.3 Å². The minimum atomic E-state index is -0.499. The summed E-state index contributed by atoms with van der Waals surface area (Å²) in [4.78, 5) is 17.8. The summed E-state index contributed by atoms with van der Waals surface area (Å²) in [5.41, 5.74) is 2.45. The molecule has 0 bridgehead atoms. The summed E-state index contributed by atoms with van der Waals surface area (Å²) < 4.78 is 9.86. The third kappa shape index (κ3) is 4.48. The molecule has 0 radical (unpaired) electrons. The molecule has 2 aromatic rings. The molecule has 0 saturated heterocycles. The zero-order valence-corrected chi connectivity index (χ0v) is 16.2. The van der Waals surface area contributed by atoms with Crippen molar-refractivity contribution in [2.75, 3.05) is 25.8 Å². The molecule has 142 valence electrons. The number of nitrogens with zero attached hydrogens (tertiary/aromatic N) is 1. The highest BCUT2D eigenvalue weighted by Crippen LogP contribution is 2.24. The number of hydroxylamine groups is 1. The first kappa shape index (κ1) is 19.4. The van der Waals surface area contributed by atoms with Gasteiger partial charge in [0.2, 0.25) is 5.76 Å². The van der Waals surface area contributed by atoms with E-state index in [4.69, 9.17) is 25.9 Å². The lowest BCUT2D eigenvalue weighted by atomic mass is 10.0. The second-order valence-corrected chi connectivity index (χ2v) is 6.19. The number of halogens is 1. The van der Waals surface area contributed by atoms with Crippen LogP contribution in [-0.2, 0) is 19.1 Å². The monoisotopic (exact) mass is 395 g/mol. The number of anilines is 1. The predicted octanol–water partition coefficient (Wildman–Crippen LogP) is 4.19. The third-order valence-corrected chi connectivity index (χ3v) is 4.20. The number of esters is 1.